The third kappa shape index (κ3) is 4.01. The molecule has 3 nitrogen and oxygen atoms in total. The molecule has 2 N–H and O–H groups in total. The first-order chi connectivity index (χ1) is 13.7. The van der Waals surface area contributed by atoms with E-state index < -0.39 is 6.04 Å². The van der Waals surface area contributed by atoms with Crippen molar-refractivity contribution in [2.75, 3.05) is 6.54 Å². The lowest BCUT2D eigenvalue weighted by molar-refractivity contribution is 0.0945. The molecule has 0 amide bonds. The van der Waals surface area contributed by atoms with Crippen molar-refractivity contribution in [1.82, 2.24) is 10.3 Å². The second-order valence-corrected chi connectivity index (χ2v) is 7.22. The highest BCUT2D eigenvalue weighted by atomic mass is 35.5. The van der Waals surface area contributed by atoms with Crippen LogP contribution in [0.4, 0.5) is 0 Å². The molecular formula is C24H21ClN2O. The SMILES string of the molecule is O=C(c1c[nH]c2ccccc12)C(NCCc1ccc(Cl)cc1)c1ccccc1. The number of Topliss-reactive ketones (excluding diaryl/α,β-unsaturated/α-hetero) is 1. The number of rotatable bonds is 7. The van der Waals surface area contributed by atoms with Gasteiger partial charge in [-0.2, -0.15) is 0 Å². The summed E-state index contributed by atoms with van der Waals surface area (Å²) in [7, 11) is 0. The van der Waals surface area contributed by atoms with E-state index >= 15 is 0 Å². The average molecular weight is 389 g/mol. The van der Waals surface area contributed by atoms with Crippen LogP contribution in [0.3, 0.4) is 0 Å². The maximum Gasteiger partial charge on any atom is 0.186 e. The molecule has 0 fully saturated rings. The van der Waals surface area contributed by atoms with Crippen LogP contribution in [0.2, 0.25) is 5.02 Å². The Balaban J connectivity index is 1.57. The lowest BCUT2D eigenvalue weighted by Gasteiger charge is -2.18. The van der Waals surface area contributed by atoms with Crippen LogP contribution in [0, 0.1) is 0 Å². The second-order valence-electron chi connectivity index (χ2n) is 6.79. The first-order valence-electron chi connectivity index (χ1n) is 9.35. The molecule has 0 aliphatic rings. The van der Waals surface area contributed by atoms with Crippen LogP contribution in [0.15, 0.2) is 85.1 Å². The molecule has 0 saturated carbocycles. The number of halogens is 1. The summed E-state index contributed by atoms with van der Waals surface area (Å²) in [5.74, 6) is 0.0692. The molecule has 1 aromatic heterocycles. The first-order valence-corrected chi connectivity index (χ1v) is 9.73. The van der Waals surface area contributed by atoms with Crippen molar-refractivity contribution in [1.29, 1.82) is 0 Å². The number of carbonyl (C=O) groups excluding carboxylic acids is 1. The fourth-order valence-electron chi connectivity index (χ4n) is 3.45. The Morgan fingerprint density at radius 2 is 1.64 bits per heavy atom. The molecule has 0 aliphatic heterocycles. The zero-order chi connectivity index (χ0) is 19.3. The summed E-state index contributed by atoms with van der Waals surface area (Å²) in [5.41, 5.74) is 3.83. The smallest absolute Gasteiger partial charge is 0.186 e. The van der Waals surface area contributed by atoms with E-state index in [0.717, 1.165) is 27.9 Å². The Bertz CT molecular complexity index is 1070. The van der Waals surface area contributed by atoms with E-state index in [2.05, 4.69) is 10.3 Å². The molecule has 4 heteroatoms. The summed E-state index contributed by atoms with van der Waals surface area (Å²) in [4.78, 5) is 16.6. The van der Waals surface area contributed by atoms with Crippen molar-refractivity contribution in [3.63, 3.8) is 0 Å². The van der Waals surface area contributed by atoms with Crippen molar-refractivity contribution >= 4 is 28.3 Å². The molecule has 0 bridgehead atoms. The van der Waals surface area contributed by atoms with E-state index in [4.69, 9.17) is 11.6 Å². The number of benzene rings is 3. The Morgan fingerprint density at radius 3 is 2.43 bits per heavy atom. The Hall–Kier alpha value is -2.88. The van der Waals surface area contributed by atoms with E-state index in [9.17, 15) is 4.79 Å². The lowest BCUT2D eigenvalue weighted by Crippen LogP contribution is -2.30. The number of H-pyrrole nitrogens is 1. The number of hydrogen-bond acceptors (Lipinski definition) is 2. The van der Waals surface area contributed by atoms with Gasteiger partial charge in [0.05, 0.1) is 6.04 Å². The van der Waals surface area contributed by atoms with Gasteiger partial charge in [0.25, 0.3) is 0 Å². The van der Waals surface area contributed by atoms with Gasteiger partial charge >= 0.3 is 0 Å². The first kappa shape index (κ1) is 18.5. The highest BCUT2D eigenvalue weighted by molar-refractivity contribution is 6.30. The summed E-state index contributed by atoms with van der Waals surface area (Å²) >= 11 is 5.96. The number of aromatic amines is 1. The molecule has 0 aliphatic carbocycles. The largest absolute Gasteiger partial charge is 0.360 e. The van der Waals surface area contributed by atoms with Crippen molar-refractivity contribution in [2.24, 2.45) is 0 Å². The molecule has 0 saturated heterocycles. The molecule has 4 aromatic rings. The molecule has 140 valence electrons. The van der Waals surface area contributed by atoms with Crippen LogP contribution in [0.25, 0.3) is 10.9 Å². The molecular weight excluding hydrogens is 368 g/mol. The zero-order valence-electron chi connectivity index (χ0n) is 15.4. The van der Waals surface area contributed by atoms with E-state index in [0.29, 0.717) is 12.1 Å². The quantitative estimate of drug-likeness (QED) is 0.406. The second kappa shape index (κ2) is 8.42. The Kier molecular flexibility index (Phi) is 5.56. The van der Waals surface area contributed by atoms with Crippen LogP contribution in [0.1, 0.15) is 27.5 Å². The molecule has 0 radical (unpaired) electrons. The van der Waals surface area contributed by atoms with Crippen LogP contribution in [0.5, 0.6) is 0 Å². The van der Waals surface area contributed by atoms with E-state index in [1.807, 2.05) is 85.1 Å². The number of aromatic nitrogens is 1. The van der Waals surface area contributed by atoms with Gasteiger partial charge in [-0.3, -0.25) is 4.79 Å². The van der Waals surface area contributed by atoms with E-state index in [1.165, 1.54) is 5.56 Å². The van der Waals surface area contributed by atoms with Crippen LogP contribution >= 0.6 is 11.6 Å². The monoisotopic (exact) mass is 388 g/mol. The molecule has 1 heterocycles. The van der Waals surface area contributed by atoms with Gasteiger partial charge in [0.1, 0.15) is 0 Å². The maximum atomic E-state index is 13.4. The summed E-state index contributed by atoms with van der Waals surface area (Å²) in [6.45, 7) is 0.690. The van der Waals surface area contributed by atoms with Gasteiger partial charge in [-0.1, -0.05) is 72.3 Å². The number of hydrogen-bond donors (Lipinski definition) is 2. The van der Waals surface area contributed by atoms with Gasteiger partial charge in [0.15, 0.2) is 5.78 Å². The van der Waals surface area contributed by atoms with Gasteiger partial charge in [-0.15, -0.1) is 0 Å². The highest BCUT2D eigenvalue weighted by Crippen LogP contribution is 2.24. The van der Waals surface area contributed by atoms with Gasteiger partial charge in [0, 0.05) is 34.2 Å². The normalized spacial score (nSPS) is 12.2. The number of fused-ring (bicyclic) bond motifs is 1. The number of carbonyl (C=O) groups is 1. The summed E-state index contributed by atoms with van der Waals surface area (Å²) in [5, 5.41) is 5.14. The number of ketones is 1. The van der Waals surface area contributed by atoms with Crippen LogP contribution in [-0.2, 0) is 6.42 Å². The number of nitrogens with one attached hydrogen (secondary N) is 2. The molecule has 4 rings (SSSR count). The predicted molar refractivity (Wildman–Crippen MR) is 115 cm³/mol. The fourth-order valence-corrected chi connectivity index (χ4v) is 3.58. The average Bonchev–Trinajstić information content (AvgIpc) is 3.17. The summed E-state index contributed by atoms with van der Waals surface area (Å²) < 4.78 is 0. The fraction of sp³-hybridized carbons (Fsp3) is 0.125. The Morgan fingerprint density at radius 1 is 0.929 bits per heavy atom. The standard InChI is InChI=1S/C24H21ClN2O/c25-19-12-10-17(11-13-19)14-15-26-23(18-6-2-1-3-7-18)24(28)21-16-27-22-9-5-4-8-20(21)22/h1-13,16,23,26-27H,14-15H2. The molecule has 3 aromatic carbocycles. The highest BCUT2D eigenvalue weighted by Gasteiger charge is 2.23. The maximum absolute atomic E-state index is 13.4. The third-order valence-electron chi connectivity index (χ3n) is 4.93. The minimum Gasteiger partial charge on any atom is -0.360 e. The van der Waals surface area contributed by atoms with Crippen molar-refractivity contribution < 1.29 is 4.79 Å². The van der Waals surface area contributed by atoms with Gasteiger partial charge < -0.3 is 10.3 Å². The topological polar surface area (TPSA) is 44.9 Å². The summed E-state index contributed by atoms with van der Waals surface area (Å²) in [6.07, 6.45) is 2.63. The van der Waals surface area contributed by atoms with Gasteiger partial charge in [-0.05, 0) is 35.7 Å². The van der Waals surface area contributed by atoms with Crippen molar-refractivity contribution in [3.8, 4) is 0 Å². The molecule has 28 heavy (non-hydrogen) atoms. The third-order valence-corrected chi connectivity index (χ3v) is 5.18. The Labute approximate surface area is 169 Å². The van der Waals surface area contributed by atoms with Crippen LogP contribution in [-0.4, -0.2) is 17.3 Å². The van der Waals surface area contributed by atoms with Gasteiger partial charge in [0.2, 0.25) is 0 Å². The minimum atomic E-state index is -0.396. The lowest BCUT2D eigenvalue weighted by atomic mass is 9.96. The van der Waals surface area contributed by atoms with Crippen molar-refractivity contribution in [2.45, 2.75) is 12.5 Å². The predicted octanol–water partition coefficient (Wildman–Crippen LogP) is 5.58. The zero-order valence-corrected chi connectivity index (χ0v) is 16.1. The minimum absolute atomic E-state index is 0.0692. The van der Waals surface area contributed by atoms with Crippen LogP contribution < -0.4 is 5.32 Å². The van der Waals surface area contributed by atoms with Crippen molar-refractivity contribution in [3.05, 3.63) is 107 Å². The number of para-hydroxylation sites is 1. The molecule has 0 spiro atoms. The van der Waals surface area contributed by atoms with Gasteiger partial charge in [-0.25, -0.2) is 0 Å². The molecule has 1 unspecified atom stereocenters. The van der Waals surface area contributed by atoms with E-state index in [-0.39, 0.29) is 5.78 Å². The summed E-state index contributed by atoms with van der Waals surface area (Å²) in [6, 6.07) is 25.2. The van der Waals surface area contributed by atoms with E-state index in [1.54, 1.807) is 0 Å². The molecule has 1 atom stereocenters.